The van der Waals surface area contributed by atoms with Crippen LogP contribution in [-0.2, 0) is 14.6 Å². The summed E-state index contributed by atoms with van der Waals surface area (Å²) < 4.78 is 42.8. The van der Waals surface area contributed by atoms with E-state index in [1.807, 2.05) is 13.0 Å². The predicted octanol–water partition coefficient (Wildman–Crippen LogP) is 4.43. The first kappa shape index (κ1) is 20.8. The van der Waals surface area contributed by atoms with Crippen LogP contribution < -0.4 is 4.74 Å². The third-order valence-electron chi connectivity index (χ3n) is 4.97. The largest absolute Gasteiger partial charge is 0.494 e. The summed E-state index contributed by atoms with van der Waals surface area (Å²) in [6.45, 7) is 1.87. The van der Waals surface area contributed by atoms with E-state index in [1.165, 1.54) is 25.3 Å². The maximum absolute atomic E-state index is 14.4. The lowest BCUT2D eigenvalue weighted by Gasteiger charge is -2.09. The quantitative estimate of drug-likeness (QED) is 0.753. The van der Waals surface area contributed by atoms with Gasteiger partial charge in [-0.25, -0.2) is 12.8 Å². The van der Waals surface area contributed by atoms with Crippen LogP contribution in [0.4, 0.5) is 4.39 Å². The number of ether oxygens (including phenoxy) is 1. The third-order valence-corrected chi connectivity index (χ3v) is 6.10. The Morgan fingerprint density at radius 3 is 2.38 bits per heavy atom. The first-order valence-electron chi connectivity index (χ1n) is 8.94. The van der Waals surface area contributed by atoms with Crippen molar-refractivity contribution in [3.63, 3.8) is 0 Å². The zero-order valence-electron chi connectivity index (χ0n) is 16.3. The van der Waals surface area contributed by atoms with E-state index in [2.05, 4.69) is 0 Å². The third kappa shape index (κ3) is 4.24. The van der Waals surface area contributed by atoms with Crippen molar-refractivity contribution in [3.05, 3.63) is 64.5 Å². The van der Waals surface area contributed by atoms with E-state index in [0.717, 1.165) is 34.1 Å². The Balaban J connectivity index is 2.12. The average molecular weight is 416 g/mol. The SMILES string of the molecule is COc1cc2c(cc1F)C(=Cc1ccc(S(C)(=O)=O)cc1)C(C)=C2CCC(=O)O. The van der Waals surface area contributed by atoms with Gasteiger partial charge >= 0.3 is 5.97 Å². The van der Waals surface area contributed by atoms with Gasteiger partial charge in [-0.2, -0.15) is 0 Å². The Kier molecular flexibility index (Phi) is 5.61. The topological polar surface area (TPSA) is 80.7 Å². The summed E-state index contributed by atoms with van der Waals surface area (Å²) >= 11 is 0. The van der Waals surface area contributed by atoms with Crippen molar-refractivity contribution in [3.8, 4) is 5.75 Å². The zero-order chi connectivity index (χ0) is 21.3. The van der Waals surface area contributed by atoms with E-state index >= 15 is 0 Å². The molecule has 0 saturated heterocycles. The molecule has 0 aliphatic heterocycles. The predicted molar refractivity (Wildman–Crippen MR) is 110 cm³/mol. The molecule has 0 unspecified atom stereocenters. The number of carboxylic acid groups (broad SMARTS) is 1. The van der Waals surface area contributed by atoms with Crippen molar-refractivity contribution < 1.29 is 27.4 Å². The minimum atomic E-state index is -3.29. The van der Waals surface area contributed by atoms with Crippen molar-refractivity contribution >= 4 is 33.0 Å². The molecule has 0 aromatic heterocycles. The number of hydrogen-bond donors (Lipinski definition) is 1. The van der Waals surface area contributed by atoms with Crippen molar-refractivity contribution in [2.75, 3.05) is 13.4 Å². The second-order valence-electron chi connectivity index (χ2n) is 6.93. The molecule has 0 spiro atoms. The van der Waals surface area contributed by atoms with Gasteiger partial charge in [0.05, 0.1) is 12.0 Å². The zero-order valence-corrected chi connectivity index (χ0v) is 17.1. The molecule has 29 heavy (non-hydrogen) atoms. The highest BCUT2D eigenvalue weighted by molar-refractivity contribution is 7.90. The van der Waals surface area contributed by atoms with Crippen molar-refractivity contribution in [1.82, 2.24) is 0 Å². The molecular weight excluding hydrogens is 395 g/mol. The first-order chi connectivity index (χ1) is 13.6. The van der Waals surface area contributed by atoms with Gasteiger partial charge in [-0.3, -0.25) is 4.79 Å². The monoisotopic (exact) mass is 416 g/mol. The first-order valence-corrected chi connectivity index (χ1v) is 10.8. The van der Waals surface area contributed by atoms with Crippen LogP contribution in [0, 0.1) is 5.82 Å². The lowest BCUT2D eigenvalue weighted by Crippen LogP contribution is -1.97. The van der Waals surface area contributed by atoms with Gasteiger partial charge < -0.3 is 9.84 Å². The highest BCUT2D eigenvalue weighted by atomic mass is 32.2. The fraction of sp³-hybridized carbons (Fsp3) is 0.227. The van der Waals surface area contributed by atoms with E-state index in [4.69, 9.17) is 9.84 Å². The Labute approximate surface area is 169 Å². The fourth-order valence-corrected chi connectivity index (χ4v) is 4.10. The van der Waals surface area contributed by atoms with Gasteiger partial charge in [-0.15, -0.1) is 0 Å². The molecule has 2 aromatic carbocycles. The summed E-state index contributed by atoms with van der Waals surface area (Å²) in [5.74, 6) is -1.31. The molecule has 7 heteroatoms. The molecule has 0 radical (unpaired) electrons. The number of carboxylic acids is 1. The molecule has 3 rings (SSSR count). The van der Waals surface area contributed by atoms with Gasteiger partial charge in [0.2, 0.25) is 0 Å². The molecule has 0 fully saturated rings. The lowest BCUT2D eigenvalue weighted by molar-refractivity contribution is -0.136. The molecule has 0 atom stereocenters. The van der Waals surface area contributed by atoms with Crippen LogP contribution in [-0.4, -0.2) is 32.9 Å². The number of rotatable bonds is 6. The summed E-state index contributed by atoms with van der Waals surface area (Å²) in [4.78, 5) is 11.3. The molecule has 1 N–H and O–H groups in total. The van der Waals surface area contributed by atoms with Gasteiger partial charge in [0.1, 0.15) is 0 Å². The number of allylic oxidation sites excluding steroid dienone is 3. The molecular formula is C22H21FO5S. The standard InChI is InChI=1S/C22H21FO5S/c1-13-16(8-9-22(24)25)19-12-21(28-2)20(23)11-18(19)17(13)10-14-4-6-15(7-5-14)29(3,26)27/h4-7,10-12H,8-9H2,1-3H3,(H,24,25). The maximum atomic E-state index is 14.4. The number of hydrogen-bond acceptors (Lipinski definition) is 4. The van der Waals surface area contributed by atoms with Gasteiger partial charge in [0, 0.05) is 12.7 Å². The Morgan fingerprint density at radius 2 is 1.83 bits per heavy atom. The number of carbonyl (C=O) groups is 1. The maximum Gasteiger partial charge on any atom is 0.303 e. The summed E-state index contributed by atoms with van der Waals surface area (Å²) in [6, 6.07) is 9.41. The number of halogens is 1. The lowest BCUT2D eigenvalue weighted by atomic mass is 10.00. The molecule has 0 amide bonds. The van der Waals surface area contributed by atoms with Crippen molar-refractivity contribution in [1.29, 1.82) is 0 Å². The van der Waals surface area contributed by atoms with Crippen LogP contribution in [0.1, 0.15) is 36.5 Å². The van der Waals surface area contributed by atoms with Crippen LogP contribution in [0.5, 0.6) is 5.75 Å². The number of sulfone groups is 1. The van der Waals surface area contributed by atoms with Gasteiger partial charge in [0.25, 0.3) is 0 Å². The van der Waals surface area contributed by atoms with Crippen molar-refractivity contribution in [2.45, 2.75) is 24.7 Å². The normalized spacial score (nSPS) is 15.0. The Hall–Kier alpha value is -2.93. The highest BCUT2D eigenvalue weighted by Gasteiger charge is 2.26. The van der Waals surface area contributed by atoms with E-state index in [9.17, 15) is 17.6 Å². The highest BCUT2D eigenvalue weighted by Crippen LogP contribution is 2.46. The second kappa shape index (κ2) is 7.83. The smallest absolute Gasteiger partial charge is 0.303 e. The van der Waals surface area contributed by atoms with Crippen molar-refractivity contribution in [2.24, 2.45) is 0 Å². The van der Waals surface area contributed by atoms with E-state index < -0.39 is 21.6 Å². The van der Waals surface area contributed by atoms with Crippen LogP contribution in [0.2, 0.25) is 0 Å². The number of benzene rings is 2. The van der Waals surface area contributed by atoms with Crippen LogP contribution in [0.25, 0.3) is 17.2 Å². The van der Waals surface area contributed by atoms with Crippen LogP contribution in [0.15, 0.2) is 46.9 Å². The molecule has 0 saturated carbocycles. The average Bonchev–Trinajstić information content (AvgIpc) is 2.89. The summed E-state index contributed by atoms with van der Waals surface area (Å²) in [6.07, 6.45) is 3.26. The van der Waals surface area contributed by atoms with Gasteiger partial charge in [-0.1, -0.05) is 12.1 Å². The van der Waals surface area contributed by atoms with Gasteiger partial charge in [-0.05, 0) is 77.1 Å². The van der Waals surface area contributed by atoms with E-state index in [-0.39, 0.29) is 17.1 Å². The van der Waals surface area contributed by atoms with E-state index in [0.29, 0.717) is 12.0 Å². The van der Waals surface area contributed by atoms with Crippen LogP contribution >= 0.6 is 0 Å². The number of fused-ring (bicyclic) bond motifs is 1. The molecule has 0 heterocycles. The minimum Gasteiger partial charge on any atom is -0.494 e. The van der Waals surface area contributed by atoms with E-state index in [1.54, 1.807) is 18.2 Å². The molecule has 2 aromatic rings. The minimum absolute atomic E-state index is 0.0395. The molecule has 5 nitrogen and oxygen atoms in total. The second-order valence-corrected chi connectivity index (χ2v) is 8.94. The summed E-state index contributed by atoms with van der Waals surface area (Å²) in [7, 11) is -1.91. The summed E-state index contributed by atoms with van der Waals surface area (Å²) in [5.41, 5.74) is 4.64. The number of methoxy groups -OCH3 is 1. The molecule has 152 valence electrons. The Bertz CT molecular complexity index is 1140. The Morgan fingerprint density at radius 1 is 1.17 bits per heavy atom. The van der Waals surface area contributed by atoms with Crippen LogP contribution in [0.3, 0.4) is 0 Å². The molecule has 1 aliphatic carbocycles. The summed E-state index contributed by atoms with van der Waals surface area (Å²) in [5, 5.41) is 9.07. The number of aliphatic carboxylic acids is 1. The molecule has 1 aliphatic rings. The fourth-order valence-electron chi connectivity index (χ4n) is 3.47. The molecule has 0 bridgehead atoms. The van der Waals surface area contributed by atoms with Gasteiger partial charge in [0.15, 0.2) is 21.4 Å².